The number of hydrogen-bond acceptors (Lipinski definition) is 0. The minimum absolute atomic E-state index is 0.122. The highest BCUT2D eigenvalue weighted by molar-refractivity contribution is 6.30. The molecule has 0 heterocycles. The van der Waals surface area contributed by atoms with Crippen molar-refractivity contribution in [1.82, 2.24) is 0 Å². The molecule has 1 aliphatic rings. The Bertz CT molecular complexity index is 582. The molecule has 1 aromatic carbocycles. The monoisotopic (exact) mass is 286 g/mol. The van der Waals surface area contributed by atoms with Gasteiger partial charge in [0.15, 0.2) is 0 Å². The molecule has 0 radical (unpaired) electrons. The maximum atomic E-state index is 6.10. The van der Waals surface area contributed by atoms with Crippen molar-refractivity contribution in [3.05, 3.63) is 64.7 Å². The van der Waals surface area contributed by atoms with E-state index in [1.54, 1.807) is 0 Å². The van der Waals surface area contributed by atoms with Crippen LogP contribution < -0.4 is 0 Å². The fourth-order valence-electron chi connectivity index (χ4n) is 2.45. The highest BCUT2D eigenvalue weighted by Crippen LogP contribution is 2.35. The molecule has 1 aromatic rings. The van der Waals surface area contributed by atoms with Crippen LogP contribution in [0, 0.1) is 5.41 Å². The molecule has 0 spiro atoms. The standard InChI is InChI=1S/C19H23Cl/c1-13-10-15(11-14(2)19(3,4)5)6-7-16-12-17(20)8-9-18(13)16/h8-9,11-12H,1-2,6-7,10H2,3-5H3/b15-11-. The highest BCUT2D eigenvalue weighted by atomic mass is 35.5. The van der Waals surface area contributed by atoms with E-state index in [9.17, 15) is 0 Å². The number of halogens is 1. The molecule has 0 amide bonds. The Morgan fingerprint density at radius 1 is 1.25 bits per heavy atom. The van der Waals surface area contributed by atoms with Gasteiger partial charge in [-0.3, -0.25) is 0 Å². The van der Waals surface area contributed by atoms with Crippen molar-refractivity contribution < 1.29 is 0 Å². The van der Waals surface area contributed by atoms with Crippen LogP contribution in [0.5, 0.6) is 0 Å². The van der Waals surface area contributed by atoms with E-state index in [1.807, 2.05) is 6.07 Å². The Morgan fingerprint density at radius 2 is 1.95 bits per heavy atom. The van der Waals surface area contributed by atoms with Gasteiger partial charge in [0.05, 0.1) is 0 Å². The van der Waals surface area contributed by atoms with E-state index in [0.717, 1.165) is 24.3 Å². The maximum absolute atomic E-state index is 6.10. The van der Waals surface area contributed by atoms with Gasteiger partial charge in [-0.2, -0.15) is 0 Å². The Labute approximate surface area is 127 Å². The first kappa shape index (κ1) is 15.1. The molecule has 0 aliphatic heterocycles. The Balaban J connectivity index is 2.28. The molecule has 0 unspecified atom stereocenters. The van der Waals surface area contributed by atoms with E-state index in [-0.39, 0.29) is 5.41 Å². The summed E-state index contributed by atoms with van der Waals surface area (Å²) in [6.07, 6.45) is 5.28. The maximum Gasteiger partial charge on any atom is 0.0409 e. The lowest BCUT2D eigenvalue weighted by Crippen LogP contribution is -2.06. The number of allylic oxidation sites excluding steroid dienone is 4. The third-order valence-corrected chi connectivity index (χ3v) is 4.18. The number of benzene rings is 1. The van der Waals surface area contributed by atoms with E-state index >= 15 is 0 Å². The fourth-order valence-corrected chi connectivity index (χ4v) is 2.65. The summed E-state index contributed by atoms with van der Waals surface area (Å²) in [7, 11) is 0. The van der Waals surface area contributed by atoms with E-state index in [4.69, 9.17) is 11.6 Å². The van der Waals surface area contributed by atoms with Gasteiger partial charge in [0.1, 0.15) is 0 Å². The summed E-state index contributed by atoms with van der Waals surface area (Å²) in [6, 6.07) is 6.12. The second kappa shape index (κ2) is 5.61. The average Bonchev–Trinajstić information content (AvgIpc) is 2.48. The van der Waals surface area contributed by atoms with Crippen LogP contribution in [-0.2, 0) is 6.42 Å². The van der Waals surface area contributed by atoms with Crippen molar-refractivity contribution in [3.63, 3.8) is 0 Å². The summed E-state index contributed by atoms with van der Waals surface area (Å²) in [5, 5.41) is 0.808. The van der Waals surface area contributed by atoms with Crippen LogP contribution in [0.15, 0.2) is 48.6 Å². The molecule has 1 aliphatic carbocycles. The van der Waals surface area contributed by atoms with Crippen molar-refractivity contribution in [1.29, 1.82) is 0 Å². The molecule has 0 atom stereocenters. The van der Waals surface area contributed by atoms with Crippen LogP contribution in [0.2, 0.25) is 5.02 Å². The molecule has 0 saturated heterocycles. The number of aryl methyl sites for hydroxylation is 1. The minimum Gasteiger partial charge on any atom is -0.0953 e. The number of fused-ring (bicyclic) bond motifs is 1. The molecule has 0 nitrogen and oxygen atoms in total. The Hall–Kier alpha value is -1.27. The molecular weight excluding hydrogens is 264 g/mol. The molecule has 0 aromatic heterocycles. The SMILES string of the molecule is C=C1C/C(=C\C(=C)C(C)(C)C)CCc2cc(Cl)ccc21. The average molecular weight is 287 g/mol. The molecule has 0 bridgehead atoms. The lowest BCUT2D eigenvalue weighted by atomic mass is 9.85. The molecule has 2 rings (SSSR count). The van der Waals surface area contributed by atoms with Gasteiger partial charge < -0.3 is 0 Å². The summed E-state index contributed by atoms with van der Waals surface area (Å²) < 4.78 is 0. The third kappa shape index (κ3) is 3.43. The van der Waals surface area contributed by atoms with Crippen LogP contribution in [-0.4, -0.2) is 0 Å². The molecule has 0 N–H and O–H groups in total. The summed E-state index contributed by atoms with van der Waals surface area (Å²) in [5.74, 6) is 0. The van der Waals surface area contributed by atoms with Gasteiger partial charge >= 0.3 is 0 Å². The van der Waals surface area contributed by atoms with Crippen LogP contribution in [0.4, 0.5) is 0 Å². The molecule has 1 heteroatoms. The summed E-state index contributed by atoms with van der Waals surface area (Å²) in [5.41, 5.74) is 6.48. The zero-order chi connectivity index (χ0) is 14.9. The summed E-state index contributed by atoms with van der Waals surface area (Å²) in [6.45, 7) is 15.1. The van der Waals surface area contributed by atoms with Crippen molar-refractivity contribution in [3.8, 4) is 0 Å². The van der Waals surface area contributed by atoms with Gasteiger partial charge in [0, 0.05) is 5.02 Å². The van der Waals surface area contributed by atoms with Crippen LogP contribution >= 0.6 is 11.6 Å². The highest BCUT2D eigenvalue weighted by Gasteiger charge is 2.17. The van der Waals surface area contributed by atoms with Gasteiger partial charge in [0.25, 0.3) is 0 Å². The first-order valence-corrected chi connectivity index (χ1v) is 7.50. The van der Waals surface area contributed by atoms with E-state index in [2.05, 4.69) is 52.1 Å². The van der Waals surface area contributed by atoms with Crippen molar-refractivity contribution in [2.75, 3.05) is 0 Å². The fraction of sp³-hybridized carbons (Fsp3) is 0.368. The van der Waals surface area contributed by atoms with Gasteiger partial charge in [-0.05, 0) is 59.1 Å². The largest absolute Gasteiger partial charge is 0.0953 e. The van der Waals surface area contributed by atoms with Gasteiger partial charge in [-0.1, -0.05) is 63.2 Å². The van der Waals surface area contributed by atoms with Crippen molar-refractivity contribution >= 4 is 17.2 Å². The first-order valence-electron chi connectivity index (χ1n) is 7.13. The van der Waals surface area contributed by atoms with E-state index in [1.165, 1.54) is 27.8 Å². The number of hydrogen-bond donors (Lipinski definition) is 0. The smallest absolute Gasteiger partial charge is 0.0409 e. The molecule has 0 fully saturated rings. The van der Waals surface area contributed by atoms with Gasteiger partial charge in [-0.25, -0.2) is 0 Å². The predicted molar refractivity (Wildman–Crippen MR) is 90.1 cm³/mol. The van der Waals surface area contributed by atoms with Crippen LogP contribution in [0.1, 0.15) is 44.7 Å². The minimum atomic E-state index is 0.122. The van der Waals surface area contributed by atoms with E-state index in [0.29, 0.717) is 0 Å². The Morgan fingerprint density at radius 3 is 2.60 bits per heavy atom. The zero-order valence-corrected chi connectivity index (χ0v) is 13.5. The van der Waals surface area contributed by atoms with Gasteiger partial charge in [-0.15, -0.1) is 0 Å². The summed E-state index contributed by atoms with van der Waals surface area (Å²) >= 11 is 6.10. The quantitative estimate of drug-likeness (QED) is 0.538. The normalized spacial score (nSPS) is 17.8. The second-order valence-corrected chi connectivity index (χ2v) is 7.10. The molecule has 20 heavy (non-hydrogen) atoms. The predicted octanol–water partition coefficient (Wildman–Crippen LogP) is 6.22. The first-order chi connectivity index (χ1) is 9.27. The second-order valence-electron chi connectivity index (χ2n) is 6.66. The lowest BCUT2D eigenvalue weighted by Gasteiger charge is -2.20. The van der Waals surface area contributed by atoms with Crippen molar-refractivity contribution in [2.24, 2.45) is 5.41 Å². The van der Waals surface area contributed by atoms with Crippen LogP contribution in [0.25, 0.3) is 5.57 Å². The number of rotatable bonds is 1. The van der Waals surface area contributed by atoms with Crippen LogP contribution in [0.3, 0.4) is 0 Å². The Kier molecular flexibility index (Phi) is 4.25. The lowest BCUT2D eigenvalue weighted by molar-refractivity contribution is 0.518. The molecular formula is C19H23Cl. The van der Waals surface area contributed by atoms with Crippen molar-refractivity contribution in [2.45, 2.75) is 40.0 Å². The van der Waals surface area contributed by atoms with E-state index < -0.39 is 0 Å². The molecule has 0 saturated carbocycles. The summed E-state index contributed by atoms with van der Waals surface area (Å²) in [4.78, 5) is 0. The zero-order valence-electron chi connectivity index (χ0n) is 12.7. The third-order valence-electron chi connectivity index (χ3n) is 3.95. The van der Waals surface area contributed by atoms with Gasteiger partial charge in [0.2, 0.25) is 0 Å². The topological polar surface area (TPSA) is 0 Å². The molecule has 106 valence electrons.